The Bertz CT molecular complexity index is 1190. The molecule has 168 valence electrons. The normalized spacial score (nSPS) is 10.7. The van der Waals surface area contributed by atoms with Crippen LogP contribution in [0.25, 0.3) is 10.8 Å². The van der Waals surface area contributed by atoms with Crippen LogP contribution in [0.5, 0.6) is 11.5 Å². The zero-order valence-electron chi connectivity index (χ0n) is 18.0. The third-order valence-corrected chi connectivity index (χ3v) is 4.71. The molecule has 0 atom stereocenters. The van der Waals surface area contributed by atoms with Gasteiger partial charge in [-0.2, -0.15) is 5.10 Å². The number of amides is 1. The second-order valence-corrected chi connectivity index (χ2v) is 6.91. The average Bonchev–Trinajstić information content (AvgIpc) is 2.77. The number of nitrogens with one attached hydrogen (secondary N) is 1. The number of carbonyl (C=O) groups is 2. The van der Waals surface area contributed by atoms with E-state index in [-0.39, 0.29) is 23.0 Å². The molecule has 0 aliphatic rings. The quantitative estimate of drug-likeness (QED) is 0.497. The summed E-state index contributed by atoms with van der Waals surface area (Å²) in [6, 6.07) is 11.9. The first kappa shape index (κ1) is 22.8. The first-order valence-electron chi connectivity index (χ1n) is 10.3. The number of benzene rings is 2. The molecule has 0 bridgehead atoms. The summed E-state index contributed by atoms with van der Waals surface area (Å²) < 4.78 is 12.0. The van der Waals surface area contributed by atoms with Crippen molar-refractivity contribution >= 4 is 22.6 Å². The molecular weight excluding hydrogens is 414 g/mol. The summed E-state index contributed by atoms with van der Waals surface area (Å²) in [6.07, 6.45) is 0.540. The van der Waals surface area contributed by atoms with E-state index in [2.05, 4.69) is 10.4 Å². The van der Waals surface area contributed by atoms with Crippen LogP contribution in [0.3, 0.4) is 0 Å². The van der Waals surface area contributed by atoms with Gasteiger partial charge in [-0.15, -0.1) is 0 Å². The van der Waals surface area contributed by atoms with Gasteiger partial charge in [-0.05, 0) is 44.0 Å². The number of carboxylic acids is 1. The number of fused-ring (bicyclic) bond motifs is 1. The van der Waals surface area contributed by atoms with E-state index in [0.29, 0.717) is 37.7 Å². The van der Waals surface area contributed by atoms with Crippen molar-refractivity contribution in [1.82, 2.24) is 15.1 Å². The molecule has 3 aromatic rings. The van der Waals surface area contributed by atoms with E-state index in [1.165, 1.54) is 12.1 Å². The van der Waals surface area contributed by atoms with Crippen molar-refractivity contribution in [2.24, 2.45) is 0 Å². The van der Waals surface area contributed by atoms with Crippen LogP contribution in [0.1, 0.15) is 29.9 Å². The molecule has 1 heterocycles. The number of carboxylic acid groups (broad SMARTS) is 1. The van der Waals surface area contributed by atoms with Gasteiger partial charge in [-0.3, -0.25) is 9.59 Å². The molecule has 2 aromatic carbocycles. The number of rotatable bonds is 10. The number of hydrogen-bond acceptors (Lipinski definition) is 6. The standard InChI is InChI=1S/C23H25N3O6/c1-3-31-18-10-9-15(13-19(18)32-4-2)11-12-24-20(27)14-26-22(28)17-8-6-5-7-16(17)21(25-26)23(29)30/h5-10,13H,3-4,11-12,14H2,1-2H3,(H,24,27)(H,29,30). The Morgan fingerprint density at radius 3 is 2.41 bits per heavy atom. The van der Waals surface area contributed by atoms with E-state index in [1.54, 1.807) is 12.1 Å². The molecule has 3 rings (SSSR count). The Morgan fingerprint density at radius 2 is 1.72 bits per heavy atom. The van der Waals surface area contributed by atoms with E-state index < -0.39 is 17.4 Å². The summed E-state index contributed by atoms with van der Waals surface area (Å²) >= 11 is 0. The monoisotopic (exact) mass is 439 g/mol. The second kappa shape index (κ2) is 10.4. The van der Waals surface area contributed by atoms with Crippen LogP contribution < -0.4 is 20.3 Å². The highest BCUT2D eigenvalue weighted by Gasteiger charge is 2.17. The molecule has 0 saturated heterocycles. The number of aromatic carboxylic acids is 1. The van der Waals surface area contributed by atoms with Crippen molar-refractivity contribution < 1.29 is 24.2 Å². The van der Waals surface area contributed by atoms with Gasteiger partial charge in [0.2, 0.25) is 5.91 Å². The molecule has 0 unspecified atom stereocenters. The summed E-state index contributed by atoms with van der Waals surface area (Å²) in [6.45, 7) is 4.77. The van der Waals surface area contributed by atoms with Crippen molar-refractivity contribution in [3.05, 3.63) is 64.1 Å². The van der Waals surface area contributed by atoms with E-state index >= 15 is 0 Å². The van der Waals surface area contributed by atoms with Crippen LogP contribution in [0.2, 0.25) is 0 Å². The fourth-order valence-electron chi connectivity index (χ4n) is 3.29. The molecule has 9 nitrogen and oxygen atoms in total. The summed E-state index contributed by atoms with van der Waals surface area (Å²) in [5.74, 6) is -0.400. The molecule has 2 N–H and O–H groups in total. The minimum absolute atomic E-state index is 0.200. The van der Waals surface area contributed by atoms with E-state index in [0.717, 1.165) is 10.2 Å². The first-order valence-corrected chi connectivity index (χ1v) is 10.3. The number of aromatic nitrogens is 2. The Hall–Kier alpha value is -3.88. The van der Waals surface area contributed by atoms with Crippen LogP contribution >= 0.6 is 0 Å². The Morgan fingerprint density at radius 1 is 1.03 bits per heavy atom. The highest BCUT2D eigenvalue weighted by Crippen LogP contribution is 2.28. The summed E-state index contributed by atoms with van der Waals surface area (Å²) in [7, 11) is 0. The van der Waals surface area contributed by atoms with Gasteiger partial charge in [0.05, 0.1) is 18.6 Å². The number of ether oxygens (including phenoxy) is 2. The van der Waals surface area contributed by atoms with Gasteiger partial charge in [0.25, 0.3) is 5.56 Å². The minimum Gasteiger partial charge on any atom is -0.490 e. The maximum atomic E-state index is 12.6. The summed E-state index contributed by atoms with van der Waals surface area (Å²) in [5, 5.41) is 16.5. The number of nitrogens with zero attached hydrogens (tertiary/aromatic N) is 2. The Labute approximate surface area is 184 Å². The third-order valence-electron chi connectivity index (χ3n) is 4.71. The van der Waals surface area contributed by atoms with E-state index in [1.807, 2.05) is 32.0 Å². The van der Waals surface area contributed by atoms with Gasteiger partial charge < -0.3 is 19.9 Å². The maximum Gasteiger partial charge on any atom is 0.357 e. The molecule has 32 heavy (non-hydrogen) atoms. The van der Waals surface area contributed by atoms with E-state index in [9.17, 15) is 19.5 Å². The molecule has 1 amide bonds. The maximum absolute atomic E-state index is 12.6. The van der Waals surface area contributed by atoms with Gasteiger partial charge in [-0.1, -0.05) is 24.3 Å². The molecule has 0 radical (unpaired) electrons. The SMILES string of the molecule is CCOc1ccc(CCNC(=O)Cn2nc(C(=O)O)c3ccccc3c2=O)cc1OCC. The van der Waals surface area contributed by atoms with Crippen molar-refractivity contribution in [3.8, 4) is 11.5 Å². The Kier molecular flexibility index (Phi) is 7.43. The van der Waals surface area contributed by atoms with Crippen molar-refractivity contribution in [3.63, 3.8) is 0 Å². The van der Waals surface area contributed by atoms with Crippen molar-refractivity contribution in [1.29, 1.82) is 0 Å². The Balaban J connectivity index is 1.67. The van der Waals surface area contributed by atoms with Gasteiger partial charge in [0, 0.05) is 11.9 Å². The lowest BCUT2D eigenvalue weighted by molar-refractivity contribution is -0.121. The van der Waals surface area contributed by atoms with Gasteiger partial charge in [-0.25, -0.2) is 9.48 Å². The number of carbonyl (C=O) groups excluding carboxylic acids is 1. The topological polar surface area (TPSA) is 120 Å². The first-order chi connectivity index (χ1) is 15.4. The van der Waals surface area contributed by atoms with Crippen molar-refractivity contribution in [2.75, 3.05) is 19.8 Å². The molecule has 0 aliphatic carbocycles. The van der Waals surface area contributed by atoms with Crippen LogP contribution in [0, 0.1) is 0 Å². The molecule has 9 heteroatoms. The largest absolute Gasteiger partial charge is 0.490 e. The summed E-state index contributed by atoms with van der Waals surface area (Å²) in [4.78, 5) is 36.5. The highest BCUT2D eigenvalue weighted by atomic mass is 16.5. The fourth-order valence-corrected chi connectivity index (χ4v) is 3.29. The van der Waals surface area contributed by atoms with Crippen molar-refractivity contribution in [2.45, 2.75) is 26.8 Å². The molecular formula is C23H25N3O6. The van der Waals surface area contributed by atoms with E-state index in [4.69, 9.17) is 9.47 Å². The molecule has 0 aliphatic heterocycles. The van der Waals surface area contributed by atoms with Crippen LogP contribution in [0.15, 0.2) is 47.3 Å². The lowest BCUT2D eigenvalue weighted by Gasteiger charge is -2.13. The zero-order valence-corrected chi connectivity index (χ0v) is 18.0. The van der Waals surface area contributed by atoms with Crippen LogP contribution in [0.4, 0.5) is 0 Å². The van der Waals surface area contributed by atoms with Crippen LogP contribution in [-0.2, 0) is 17.8 Å². The molecule has 1 aromatic heterocycles. The predicted molar refractivity (Wildman–Crippen MR) is 118 cm³/mol. The summed E-state index contributed by atoms with van der Waals surface area (Å²) in [5.41, 5.74) is 0.158. The third kappa shape index (κ3) is 5.23. The molecule has 0 saturated carbocycles. The smallest absolute Gasteiger partial charge is 0.357 e. The lowest BCUT2D eigenvalue weighted by Crippen LogP contribution is -2.35. The average molecular weight is 439 g/mol. The predicted octanol–water partition coefficient (Wildman–Crippen LogP) is 2.25. The van der Waals surface area contributed by atoms with Gasteiger partial charge >= 0.3 is 5.97 Å². The zero-order chi connectivity index (χ0) is 23.1. The second-order valence-electron chi connectivity index (χ2n) is 6.91. The lowest BCUT2D eigenvalue weighted by atomic mass is 10.1. The molecule has 0 fully saturated rings. The fraction of sp³-hybridized carbons (Fsp3) is 0.304. The molecule has 0 spiro atoms. The van der Waals surface area contributed by atoms with Crippen LogP contribution in [-0.4, -0.2) is 46.5 Å². The minimum atomic E-state index is -1.27. The van der Waals surface area contributed by atoms with Gasteiger partial charge in [0.15, 0.2) is 17.2 Å². The number of hydrogen-bond donors (Lipinski definition) is 2. The van der Waals surface area contributed by atoms with Gasteiger partial charge in [0.1, 0.15) is 6.54 Å². The highest BCUT2D eigenvalue weighted by molar-refractivity contribution is 6.01.